The molecule has 3 atom stereocenters. The topological polar surface area (TPSA) is 81.8 Å². The van der Waals surface area contributed by atoms with Crippen molar-refractivity contribution in [2.75, 3.05) is 27.7 Å². The standard InChI is InChI=1S/C27H46N4O3/c1-18(2)17-22(28-7)26(33)31(9)24(20(5)6)27(34)30(8)23(19(3)4)25(32)29-16-15-21-13-11-10-12-14-21/h10-14,18-20,22-24,28H,15-17H2,1-9H3,(H,29,32)/t22-,23-,24-/m0/s1. The molecular formula is C27H46N4O3. The molecule has 192 valence electrons. The number of nitrogens with one attached hydrogen (secondary N) is 2. The van der Waals surface area contributed by atoms with Crippen LogP contribution in [0.15, 0.2) is 30.3 Å². The van der Waals surface area contributed by atoms with Gasteiger partial charge in [-0.3, -0.25) is 14.4 Å². The molecule has 34 heavy (non-hydrogen) atoms. The van der Waals surface area contributed by atoms with Crippen LogP contribution >= 0.6 is 0 Å². The van der Waals surface area contributed by atoms with E-state index in [0.29, 0.717) is 18.9 Å². The predicted octanol–water partition coefficient (Wildman–Crippen LogP) is 2.95. The third-order valence-corrected chi connectivity index (χ3v) is 6.22. The maximum Gasteiger partial charge on any atom is 0.246 e. The van der Waals surface area contributed by atoms with Gasteiger partial charge in [0.15, 0.2) is 0 Å². The van der Waals surface area contributed by atoms with E-state index in [1.165, 1.54) is 4.90 Å². The molecule has 0 saturated carbocycles. The van der Waals surface area contributed by atoms with E-state index in [0.717, 1.165) is 12.0 Å². The average Bonchev–Trinajstić information content (AvgIpc) is 2.77. The normalized spacial score (nSPS) is 14.1. The van der Waals surface area contributed by atoms with E-state index < -0.39 is 12.1 Å². The highest BCUT2D eigenvalue weighted by atomic mass is 16.2. The molecule has 0 aliphatic rings. The zero-order valence-electron chi connectivity index (χ0n) is 22.6. The van der Waals surface area contributed by atoms with Crippen molar-refractivity contribution in [1.82, 2.24) is 20.4 Å². The summed E-state index contributed by atoms with van der Waals surface area (Å²) in [6.45, 7) is 12.4. The molecule has 0 unspecified atom stereocenters. The van der Waals surface area contributed by atoms with Crippen molar-refractivity contribution >= 4 is 17.7 Å². The molecule has 0 spiro atoms. The van der Waals surface area contributed by atoms with Crippen molar-refractivity contribution in [3.8, 4) is 0 Å². The smallest absolute Gasteiger partial charge is 0.246 e. The molecule has 2 N–H and O–H groups in total. The number of hydrogen-bond donors (Lipinski definition) is 2. The summed E-state index contributed by atoms with van der Waals surface area (Å²) in [6, 6.07) is 8.34. The van der Waals surface area contributed by atoms with E-state index >= 15 is 0 Å². The summed E-state index contributed by atoms with van der Waals surface area (Å²) < 4.78 is 0. The Morgan fingerprint density at radius 2 is 1.35 bits per heavy atom. The van der Waals surface area contributed by atoms with Crippen LogP contribution in [0.5, 0.6) is 0 Å². The summed E-state index contributed by atoms with van der Waals surface area (Å²) in [5.41, 5.74) is 1.15. The first-order valence-electron chi connectivity index (χ1n) is 12.4. The summed E-state index contributed by atoms with van der Waals surface area (Å²) in [6.07, 6.45) is 1.41. The van der Waals surface area contributed by atoms with Gasteiger partial charge in [0.2, 0.25) is 17.7 Å². The molecule has 1 aromatic rings. The summed E-state index contributed by atoms with van der Waals surface area (Å²) in [7, 11) is 5.13. The molecule has 1 aromatic carbocycles. The van der Waals surface area contributed by atoms with Gasteiger partial charge >= 0.3 is 0 Å². The third-order valence-electron chi connectivity index (χ3n) is 6.22. The molecule has 0 saturated heterocycles. The first-order valence-corrected chi connectivity index (χ1v) is 12.4. The van der Waals surface area contributed by atoms with Gasteiger partial charge in [-0.25, -0.2) is 0 Å². The number of hydrogen-bond acceptors (Lipinski definition) is 4. The van der Waals surface area contributed by atoms with Crippen LogP contribution in [0.3, 0.4) is 0 Å². The second-order valence-corrected chi connectivity index (χ2v) is 10.3. The van der Waals surface area contributed by atoms with Crippen LogP contribution in [0.25, 0.3) is 0 Å². The van der Waals surface area contributed by atoms with E-state index in [-0.39, 0.29) is 35.6 Å². The van der Waals surface area contributed by atoms with Crippen molar-refractivity contribution < 1.29 is 14.4 Å². The number of carbonyl (C=O) groups excluding carboxylic acids is 3. The Balaban J connectivity index is 2.97. The number of carbonyl (C=O) groups is 3. The second-order valence-electron chi connectivity index (χ2n) is 10.3. The summed E-state index contributed by atoms with van der Waals surface area (Å²) in [5.74, 6) is -0.339. The number of nitrogens with zero attached hydrogens (tertiary/aromatic N) is 2. The van der Waals surface area contributed by atoms with Gasteiger partial charge in [0.05, 0.1) is 6.04 Å². The first-order chi connectivity index (χ1) is 15.9. The molecule has 0 aliphatic heterocycles. The molecule has 0 radical (unpaired) electrons. The number of amides is 3. The lowest BCUT2D eigenvalue weighted by molar-refractivity contribution is -0.151. The van der Waals surface area contributed by atoms with Crippen molar-refractivity contribution in [3.05, 3.63) is 35.9 Å². The fraction of sp³-hybridized carbons (Fsp3) is 0.667. The maximum absolute atomic E-state index is 13.6. The molecule has 0 bridgehead atoms. The minimum absolute atomic E-state index is 0.0782. The maximum atomic E-state index is 13.6. The monoisotopic (exact) mass is 474 g/mol. The lowest BCUT2D eigenvalue weighted by Gasteiger charge is -2.38. The van der Waals surface area contributed by atoms with E-state index in [1.54, 1.807) is 26.0 Å². The van der Waals surface area contributed by atoms with Crippen LogP contribution in [-0.2, 0) is 20.8 Å². The predicted molar refractivity (Wildman–Crippen MR) is 138 cm³/mol. The minimum Gasteiger partial charge on any atom is -0.354 e. The number of likely N-dealkylation sites (N-methyl/N-ethyl adjacent to an activating group) is 3. The lowest BCUT2D eigenvalue weighted by Crippen LogP contribution is -2.59. The highest BCUT2D eigenvalue weighted by Gasteiger charge is 2.38. The van der Waals surface area contributed by atoms with E-state index in [4.69, 9.17) is 0 Å². The molecule has 7 nitrogen and oxygen atoms in total. The molecule has 0 heterocycles. The van der Waals surface area contributed by atoms with Crippen LogP contribution in [-0.4, -0.2) is 73.3 Å². The van der Waals surface area contributed by atoms with Gasteiger partial charge in [-0.15, -0.1) is 0 Å². The fourth-order valence-corrected chi connectivity index (χ4v) is 4.45. The van der Waals surface area contributed by atoms with Crippen LogP contribution < -0.4 is 10.6 Å². The summed E-state index contributed by atoms with van der Waals surface area (Å²) in [4.78, 5) is 43.0. The van der Waals surface area contributed by atoms with Gasteiger partial charge in [-0.2, -0.15) is 0 Å². The Labute approximate surface area is 206 Å². The van der Waals surface area contributed by atoms with Crippen LogP contribution in [0.4, 0.5) is 0 Å². The summed E-state index contributed by atoms with van der Waals surface area (Å²) >= 11 is 0. The van der Waals surface area contributed by atoms with Crippen molar-refractivity contribution in [2.24, 2.45) is 17.8 Å². The van der Waals surface area contributed by atoms with Crippen molar-refractivity contribution in [3.63, 3.8) is 0 Å². The Kier molecular flexibility index (Phi) is 12.3. The molecule has 3 amide bonds. The van der Waals surface area contributed by atoms with Crippen molar-refractivity contribution in [2.45, 2.75) is 72.5 Å². The Morgan fingerprint density at radius 1 is 0.824 bits per heavy atom. The molecule has 0 aromatic heterocycles. The van der Waals surface area contributed by atoms with E-state index in [9.17, 15) is 14.4 Å². The lowest BCUT2D eigenvalue weighted by atomic mass is 9.95. The van der Waals surface area contributed by atoms with Gasteiger partial charge in [0.25, 0.3) is 0 Å². The van der Waals surface area contributed by atoms with E-state index in [1.807, 2.05) is 58.0 Å². The Morgan fingerprint density at radius 3 is 1.82 bits per heavy atom. The minimum atomic E-state index is -0.654. The molecule has 0 fully saturated rings. The Bertz CT molecular complexity index is 779. The first kappa shape index (κ1) is 29.6. The molecule has 0 aliphatic carbocycles. The van der Waals surface area contributed by atoms with Gasteiger partial charge in [0.1, 0.15) is 12.1 Å². The average molecular weight is 475 g/mol. The largest absolute Gasteiger partial charge is 0.354 e. The van der Waals surface area contributed by atoms with Gasteiger partial charge in [-0.1, -0.05) is 71.9 Å². The van der Waals surface area contributed by atoms with E-state index in [2.05, 4.69) is 24.5 Å². The van der Waals surface area contributed by atoms with Gasteiger partial charge in [-0.05, 0) is 43.2 Å². The third kappa shape index (κ3) is 8.42. The Hall–Kier alpha value is -2.41. The fourth-order valence-electron chi connectivity index (χ4n) is 4.45. The van der Waals surface area contributed by atoms with Crippen LogP contribution in [0, 0.1) is 17.8 Å². The molecule has 7 heteroatoms. The second kappa shape index (κ2) is 14.1. The highest BCUT2D eigenvalue weighted by Crippen LogP contribution is 2.19. The highest BCUT2D eigenvalue weighted by molar-refractivity contribution is 5.93. The molecule has 1 rings (SSSR count). The quantitative estimate of drug-likeness (QED) is 0.461. The van der Waals surface area contributed by atoms with Crippen LogP contribution in [0.2, 0.25) is 0 Å². The van der Waals surface area contributed by atoms with Crippen LogP contribution in [0.1, 0.15) is 53.5 Å². The number of rotatable bonds is 13. The van der Waals surface area contributed by atoms with Gasteiger partial charge < -0.3 is 20.4 Å². The van der Waals surface area contributed by atoms with Gasteiger partial charge in [0, 0.05) is 20.6 Å². The van der Waals surface area contributed by atoms with Crippen molar-refractivity contribution in [1.29, 1.82) is 0 Å². The number of benzene rings is 1. The zero-order chi connectivity index (χ0) is 26.0. The molecular weight excluding hydrogens is 428 g/mol. The SMILES string of the molecule is CN[C@@H](CC(C)C)C(=O)N(C)[C@H](C(=O)N(C)[C@H](C(=O)NCCc1ccccc1)C(C)C)C(C)C. The zero-order valence-corrected chi connectivity index (χ0v) is 22.6. The summed E-state index contributed by atoms with van der Waals surface area (Å²) in [5, 5.41) is 6.09.